The Hall–Kier alpha value is -3.68. The smallest absolute Gasteiger partial charge is 0.338 e. The third-order valence-corrected chi connectivity index (χ3v) is 6.10. The number of carbonyl (C=O) groups excluding carboxylic acids is 4. The number of hydrogen-bond donors (Lipinski definition) is 1. The number of anilines is 1. The summed E-state index contributed by atoms with van der Waals surface area (Å²) in [4.78, 5) is 51.6. The van der Waals surface area contributed by atoms with Crippen LogP contribution < -0.4 is 5.32 Å². The highest BCUT2D eigenvalue weighted by molar-refractivity contribution is 6.42. The molecule has 4 rings (SSSR count). The van der Waals surface area contributed by atoms with E-state index in [1.54, 1.807) is 13.0 Å². The molecule has 3 aromatic carbocycles. The van der Waals surface area contributed by atoms with Crippen LogP contribution in [0.4, 0.5) is 5.69 Å². The lowest BCUT2D eigenvalue weighted by Gasteiger charge is -2.22. The summed E-state index contributed by atoms with van der Waals surface area (Å²) < 4.78 is 5.06. The Balaban J connectivity index is 1.43. The van der Waals surface area contributed by atoms with Gasteiger partial charge in [0, 0.05) is 5.69 Å². The molecule has 9 heteroatoms. The third kappa shape index (κ3) is 4.66. The van der Waals surface area contributed by atoms with Gasteiger partial charge in [-0.2, -0.15) is 0 Å². The molecule has 0 saturated carbocycles. The maximum Gasteiger partial charge on any atom is 0.338 e. The zero-order valence-electron chi connectivity index (χ0n) is 17.9. The van der Waals surface area contributed by atoms with E-state index in [0.717, 1.165) is 5.56 Å². The predicted octanol–water partition coefficient (Wildman–Crippen LogP) is 5.15. The molecule has 1 N–H and O–H groups in total. The van der Waals surface area contributed by atoms with Crippen LogP contribution in [0.2, 0.25) is 10.0 Å². The van der Waals surface area contributed by atoms with Crippen LogP contribution in [0.5, 0.6) is 0 Å². The first-order valence-corrected chi connectivity index (χ1v) is 11.0. The molecule has 0 radical (unpaired) electrons. The molecule has 0 aromatic heterocycles. The Morgan fingerprint density at radius 3 is 2.32 bits per heavy atom. The van der Waals surface area contributed by atoms with Gasteiger partial charge in [-0.15, -0.1) is 0 Å². The Kier molecular flexibility index (Phi) is 6.68. The maximum absolute atomic E-state index is 13.0. The van der Waals surface area contributed by atoms with Gasteiger partial charge >= 0.3 is 5.97 Å². The van der Waals surface area contributed by atoms with Crippen LogP contribution in [-0.2, 0) is 9.53 Å². The SMILES string of the molecule is C[C@H](c1ccccc1)N1C(=O)c2ccc(C(=O)OCC(=O)Nc3ccc(Cl)c(Cl)c3)cc2C1=O. The van der Waals surface area contributed by atoms with Crippen LogP contribution in [-0.4, -0.2) is 35.2 Å². The Labute approximate surface area is 205 Å². The largest absolute Gasteiger partial charge is 0.452 e. The minimum atomic E-state index is -0.804. The minimum Gasteiger partial charge on any atom is -0.452 e. The zero-order chi connectivity index (χ0) is 24.4. The number of rotatable bonds is 6. The average Bonchev–Trinajstić information content (AvgIpc) is 3.09. The van der Waals surface area contributed by atoms with Crippen molar-refractivity contribution < 1.29 is 23.9 Å². The van der Waals surface area contributed by atoms with Crippen molar-refractivity contribution >= 4 is 52.6 Å². The van der Waals surface area contributed by atoms with Gasteiger partial charge in [-0.25, -0.2) is 4.79 Å². The molecule has 3 aromatic rings. The number of ether oxygens (including phenoxy) is 1. The molecule has 7 nitrogen and oxygen atoms in total. The fraction of sp³-hybridized carbons (Fsp3) is 0.120. The number of halogens is 2. The molecular formula is C25H18Cl2N2O5. The molecule has 0 saturated heterocycles. The van der Waals surface area contributed by atoms with Crippen molar-refractivity contribution in [1.29, 1.82) is 0 Å². The summed E-state index contributed by atoms with van der Waals surface area (Å²) in [6.45, 7) is 1.21. The second-order valence-corrected chi connectivity index (χ2v) is 8.39. The third-order valence-electron chi connectivity index (χ3n) is 5.36. The average molecular weight is 497 g/mol. The molecule has 1 aliphatic rings. The van der Waals surface area contributed by atoms with Gasteiger partial charge in [0.2, 0.25) is 0 Å². The first-order chi connectivity index (χ1) is 16.3. The summed E-state index contributed by atoms with van der Waals surface area (Å²) in [5.41, 5.74) is 1.58. The number of fused-ring (bicyclic) bond motifs is 1. The fourth-order valence-electron chi connectivity index (χ4n) is 3.60. The van der Waals surface area contributed by atoms with Crippen LogP contribution in [0, 0.1) is 0 Å². The van der Waals surface area contributed by atoms with Gasteiger partial charge in [-0.05, 0) is 48.9 Å². The predicted molar refractivity (Wildman–Crippen MR) is 127 cm³/mol. The van der Waals surface area contributed by atoms with Gasteiger partial charge in [0.1, 0.15) is 0 Å². The first kappa shape index (κ1) is 23.5. The lowest BCUT2D eigenvalue weighted by Crippen LogP contribution is -2.32. The number of nitrogens with one attached hydrogen (secondary N) is 1. The molecular weight excluding hydrogens is 479 g/mol. The number of amides is 3. The molecule has 0 unspecified atom stereocenters. The van der Waals surface area contributed by atoms with Gasteiger partial charge < -0.3 is 10.1 Å². The van der Waals surface area contributed by atoms with Crippen molar-refractivity contribution in [2.45, 2.75) is 13.0 Å². The van der Waals surface area contributed by atoms with Crippen molar-refractivity contribution in [3.05, 3.63) is 99.0 Å². The zero-order valence-corrected chi connectivity index (χ0v) is 19.4. The Bertz CT molecular complexity index is 1310. The van der Waals surface area contributed by atoms with E-state index in [2.05, 4.69) is 5.32 Å². The summed E-state index contributed by atoms with van der Waals surface area (Å²) >= 11 is 11.8. The molecule has 34 heavy (non-hydrogen) atoms. The highest BCUT2D eigenvalue weighted by Crippen LogP contribution is 2.32. The van der Waals surface area contributed by atoms with E-state index in [0.29, 0.717) is 10.7 Å². The molecule has 0 aliphatic carbocycles. The van der Waals surface area contributed by atoms with Crippen LogP contribution in [0.3, 0.4) is 0 Å². The lowest BCUT2D eigenvalue weighted by molar-refractivity contribution is -0.119. The quantitative estimate of drug-likeness (QED) is 0.376. The number of nitrogens with zero attached hydrogens (tertiary/aromatic N) is 1. The minimum absolute atomic E-state index is 0.0523. The monoisotopic (exact) mass is 496 g/mol. The molecule has 1 atom stereocenters. The standard InChI is InChI=1S/C25H18Cl2N2O5/c1-14(15-5-3-2-4-6-15)29-23(31)18-9-7-16(11-19(18)24(29)32)25(33)34-13-22(30)28-17-8-10-20(26)21(27)12-17/h2-12,14H,13H2,1H3,(H,28,30)/t14-/m1/s1. The molecule has 0 fully saturated rings. The van der Waals surface area contributed by atoms with E-state index >= 15 is 0 Å². The molecule has 0 bridgehead atoms. The molecule has 1 aliphatic heterocycles. The van der Waals surface area contributed by atoms with Crippen molar-refractivity contribution in [2.75, 3.05) is 11.9 Å². The van der Waals surface area contributed by atoms with Gasteiger partial charge in [0.25, 0.3) is 17.7 Å². The molecule has 1 heterocycles. The number of hydrogen-bond acceptors (Lipinski definition) is 5. The van der Waals surface area contributed by atoms with E-state index in [9.17, 15) is 19.2 Å². The summed E-state index contributed by atoms with van der Waals surface area (Å²) in [5.74, 6) is -2.32. The normalized spacial score (nSPS) is 13.4. The second kappa shape index (κ2) is 9.67. The number of benzene rings is 3. The van der Waals surface area contributed by atoms with Crippen LogP contribution in [0.15, 0.2) is 66.7 Å². The maximum atomic E-state index is 13.0. The Morgan fingerprint density at radius 2 is 1.62 bits per heavy atom. The first-order valence-electron chi connectivity index (χ1n) is 10.2. The van der Waals surface area contributed by atoms with E-state index in [4.69, 9.17) is 27.9 Å². The van der Waals surface area contributed by atoms with Gasteiger partial charge in [-0.1, -0.05) is 53.5 Å². The van der Waals surface area contributed by atoms with E-state index in [-0.39, 0.29) is 21.7 Å². The summed E-state index contributed by atoms with van der Waals surface area (Å²) in [6.07, 6.45) is 0. The number of esters is 1. The molecule has 0 spiro atoms. The van der Waals surface area contributed by atoms with Crippen molar-refractivity contribution in [1.82, 2.24) is 4.90 Å². The van der Waals surface area contributed by atoms with Crippen LogP contribution in [0.1, 0.15) is 49.6 Å². The number of imide groups is 1. The van der Waals surface area contributed by atoms with E-state index in [1.165, 1.54) is 35.2 Å². The van der Waals surface area contributed by atoms with Crippen molar-refractivity contribution in [2.24, 2.45) is 0 Å². The summed E-state index contributed by atoms with van der Waals surface area (Å²) in [6, 6.07) is 17.4. The highest BCUT2D eigenvalue weighted by Gasteiger charge is 2.39. The van der Waals surface area contributed by atoms with Crippen LogP contribution >= 0.6 is 23.2 Å². The topological polar surface area (TPSA) is 92.8 Å². The summed E-state index contributed by atoms with van der Waals surface area (Å²) in [7, 11) is 0. The molecule has 172 valence electrons. The van der Waals surface area contributed by atoms with Gasteiger partial charge in [0.15, 0.2) is 6.61 Å². The summed E-state index contributed by atoms with van der Waals surface area (Å²) in [5, 5.41) is 3.15. The second-order valence-electron chi connectivity index (χ2n) is 7.58. The van der Waals surface area contributed by atoms with Gasteiger partial charge in [0.05, 0.1) is 32.8 Å². The van der Waals surface area contributed by atoms with E-state index < -0.39 is 36.3 Å². The highest BCUT2D eigenvalue weighted by atomic mass is 35.5. The van der Waals surface area contributed by atoms with Crippen molar-refractivity contribution in [3.63, 3.8) is 0 Å². The number of carbonyl (C=O) groups is 4. The fourth-order valence-corrected chi connectivity index (χ4v) is 3.90. The van der Waals surface area contributed by atoms with Crippen molar-refractivity contribution in [3.8, 4) is 0 Å². The van der Waals surface area contributed by atoms with Gasteiger partial charge in [-0.3, -0.25) is 19.3 Å². The van der Waals surface area contributed by atoms with E-state index in [1.807, 2.05) is 30.3 Å². The van der Waals surface area contributed by atoms with Crippen LogP contribution in [0.25, 0.3) is 0 Å². The lowest BCUT2D eigenvalue weighted by atomic mass is 10.1. The Morgan fingerprint density at radius 1 is 0.912 bits per heavy atom. The molecule has 3 amide bonds.